The number of nitrogens with zero attached hydrogens (tertiary/aromatic N) is 4. The number of carboxylic acid groups (broad SMARTS) is 1. The standard InChI is InChI=1S/C24H32N4O5/c29-19(17-33-22-7-1-6-21-20(22)5-2-8-25-21)15-26-10-12-27(13-11-26)16-23(30)28-9-3-4-18(14-28)24(31)32/h1-2,5-8,18-19,29H,3-4,9-17H2,(H,31,32). The second kappa shape index (κ2) is 10.9. The molecule has 0 spiro atoms. The molecule has 9 nitrogen and oxygen atoms in total. The van der Waals surface area contributed by atoms with Gasteiger partial charge in [-0.15, -0.1) is 0 Å². The minimum absolute atomic E-state index is 0.00686. The minimum Gasteiger partial charge on any atom is -0.490 e. The highest BCUT2D eigenvalue weighted by Crippen LogP contribution is 2.23. The first kappa shape index (κ1) is 23.4. The van der Waals surface area contributed by atoms with Crippen molar-refractivity contribution in [2.45, 2.75) is 18.9 Å². The molecular weight excluding hydrogens is 424 g/mol. The van der Waals surface area contributed by atoms with Gasteiger partial charge in [0.2, 0.25) is 5.91 Å². The lowest BCUT2D eigenvalue weighted by Crippen LogP contribution is -2.53. The second-order valence-electron chi connectivity index (χ2n) is 8.88. The van der Waals surface area contributed by atoms with E-state index < -0.39 is 18.0 Å². The van der Waals surface area contributed by atoms with Crippen LogP contribution in [0.5, 0.6) is 5.75 Å². The van der Waals surface area contributed by atoms with Gasteiger partial charge in [0.1, 0.15) is 18.5 Å². The molecule has 0 radical (unpaired) electrons. The molecule has 2 atom stereocenters. The topological polar surface area (TPSA) is 106 Å². The molecule has 0 saturated carbocycles. The molecule has 3 heterocycles. The summed E-state index contributed by atoms with van der Waals surface area (Å²) in [4.78, 5) is 34.2. The number of aliphatic hydroxyl groups is 1. The predicted octanol–water partition coefficient (Wildman–Crippen LogP) is 0.915. The number of benzene rings is 1. The van der Waals surface area contributed by atoms with Crippen molar-refractivity contribution in [3.05, 3.63) is 36.5 Å². The van der Waals surface area contributed by atoms with E-state index in [2.05, 4.69) is 14.8 Å². The number of β-amino-alcohol motifs (C(OH)–C–C–N with tert-alkyl or cyclic N) is 1. The fourth-order valence-electron chi connectivity index (χ4n) is 4.56. The van der Waals surface area contributed by atoms with Gasteiger partial charge in [0, 0.05) is 57.4 Å². The highest BCUT2D eigenvalue weighted by atomic mass is 16.5. The van der Waals surface area contributed by atoms with E-state index in [9.17, 15) is 19.8 Å². The molecule has 9 heteroatoms. The van der Waals surface area contributed by atoms with Crippen molar-refractivity contribution in [2.75, 3.05) is 59.0 Å². The van der Waals surface area contributed by atoms with Crippen LogP contribution in [0.3, 0.4) is 0 Å². The summed E-state index contributed by atoms with van der Waals surface area (Å²) >= 11 is 0. The lowest BCUT2D eigenvalue weighted by atomic mass is 9.98. The SMILES string of the molecule is O=C(O)C1CCCN(C(=O)CN2CCN(CC(O)COc3cccc4ncccc34)CC2)C1. The lowest BCUT2D eigenvalue weighted by Gasteiger charge is -2.37. The maximum absolute atomic E-state index is 12.6. The van der Waals surface area contributed by atoms with Crippen molar-refractivity contribution in [3.8, 4) is 5.75 Å². The van der Waals surface area contributed by atoms with Crippen LogP contribution in [0.15, 0.2) is 36.5 Å². The molecule has 2 aliphatic heterocycles. The first-order chi connectivity index (χ1) is 16.0. The van der Waals surface area contributed by atoms with Gasteiger partial charge in [-0.2, -0.15) is 0 Å². The number of piperidine rings is 1. The fraction of sp³-hybridized carbons (Fsp3) is 0.542. The van der Waals surface area contributed by atoms with Crippen LogP contribution in [0.4, 0.5) is 0 Å². The monoisotopic (exact) mass is 456 g/mol. The third kappa shape index (κ3) is 6.19. The molecule has 2 N–H and O–H groups in total. The molecule has 178 valence electrons. The van der Waals surface area contributed by atoms with E-state index in [4.69, 9.17) is 4.74 Å². The number of hydrogen-bond acceptors (Lipinski definition) is 7. The van der Waals surface area contributed by atoms with Crippen LogP contribution in [-0.4, -0.2) is 107 Å². The van der Waals surface area contributed by atoms with Crippen molar-refractivity contribution in [3.63, 3.8) is 0 Å². The third-order valence-electron chi connectivity index (χ3n) is 6.45. The molecule has 0 bridgehead atoms. The van der Waals surface area contributed by atoms with E-state index >= 15 is 0 Å². The number of aliphatic hydroxyl groups excluding tert-OH is 1. The maximum Gasteiger partial charge on any atom is 0.308 e. The average molecular weight is 457 g/mol. The van der Waals surface area contributed by atoms with E-state index in [0.29, 0.717) is 38.3 Å². The summed E-state index contributed by atoms with van der Waals surface area (Å²) in [5.41, 5.74) is 0.859. The Morgan fingerprint density at radius 1 is 1.09 bits per heavy atom. The Labute approximate surface area is 193 Å². The molecular formula is C24H32N4O5. The molecule has 33 heavy (non-hydrogen) atoms. The Hall–Kier alpha value is -2.75. The van der Waals surface area contributed by atoms with E-state index in [0.717, 1.165) is 43.5 Å². The fourth-order valence-corrected chi connectivity index (χ4v) is 4.56. The van der Waals surface area contributed by atoms with Gasteiger partial charge < -0.3 is 19.8 Å². The molecule has 1 aromatic carbocycles. The quantitative estimate of drug-likeness (QED) is 0.604. The smallest absolute Gasteiger partial charge is 0.308 e. The van der Waals surface area contributed by atoms with Gasteiger partial charge >= 0.3 is 5.97 Å². The predicted molar refractivity (Wildman–Crippen MR) is 123 cm³/mol. The van der Waals surface area contributed by atoms with Gasteiger partial charge in [-0.05, 0) is 37.1 Å². The molecule has 1 aromatic heterocycles. The largest absolute Gasteiger partial charge is 0.490 e. The average Bonchev–Trinajstić information content (AvgIpc) is 2.84. The van der Waals surface area contributed by atoms with E-state index in [1.165, 1.54) is 0 Å². The first-order valence-electron chi connectivity index (χ1n) is 11.6. The molecule has 2 unspecified atom stereocenters. The summed E-state index contributed by atoms with van der Waals surface area (Å²) in [6, 6.07) is 9.53. The Bertz CT molecular complexity index is 958. The lowest BCUT2D eigenvalue weighted by molar-refractivity contribution is -0.146. The summed E-state index contributed by atoms with van der Waals surface area (Å²) in [5.74, 6) is -0.549. The number of piperazine rings is 1. The van der Waals surface area contributed by atoms with Gasteiger partial charge in [0.05, 0.1) is 18.0 Å². The summed E-state index contributed by atoms with van der Waals surface area (Å²) in [5, 5.41) is 20.6. The Morgan fingerprint density at radius 3 is 2.67 bits per heavy atom. The molecule has 1 amide bonds. The van der Waals surface area contributed by atoms with E-state index in [1.807, 2.05) is 30.3 Å². The number of ether oxygens (including phenoxy) is 1. The summed E-state index contributed by atoms with van der Waals surface area (Å²) in [6.07, 6.45) is 2.51. The Balaban J connectivity index is 1.18. The number of likely N-dealkylation sites (tertiary alicyclic amines) is 1. The zero-order valence-electron chi connectivity index (χ0n) is 18.8. The van der Waals surface area contributed by atoms with Crippen LogP contribution in [0.25, 0.3) is 10.9 Å². The normalized spacial score (nSPS) is 21.1. The minimum atomic E-state index is -0.819. The highest BCUT2D eigenvalue weighted by Gasteiger charge is 2.29. The number of fused-ring (bicyclic) bond motifs is 1. The second-order valence-corrected chi connectivity index (χ2v) is 8.88. The zero-order chi connectivity index (χ0) is 23.2. The number of carbonyl (C=O) groups excluding carboxylic acids is 1. The van der Waals surface area contributed by atoms with Crippen molar-refractivity contribution in [2.24, 2.45) is 5.92 Å². The van der Waals surface area contributed by atoms with Crippen LogP contribution in [0.2, 0.25) is 0 Å². The number of hydrogen-bond donors (Lipinski definition) is 2. The van der Waals surface area contributed by atoms with Crippen LogP contribution in [-0.2, 0) is 9.59 Å². The van der Waals surface area contributed by atoms with Gasteiger partial charge in [0.15, 0.2) is 0 Å². The number of carboxylic acids is 1. The molecule has 2 aliphatic rings. The summed E-state index contributed by atoms with van der Waals surface area (Å²) < 4.78 is 5.87. The third-order valence-corrected chi connectivity index (χ3v) is 6.45. The Morgan fingerprint density at radius 2 is 1.88 bits per heavy atom. The first-order valence-corrected chi connectivity index (χ1v) is 11.6. The number of amides is 1. The van der Waals surface area contributed by atoms with Gasteiger partial charge in [-0.1, -0.05) is 6.07 Å². The van der Waals surface area contributed by atoms with E-state index in [1.54, 1.807) is 11.1 Å². The van der Waals surface area contributed by atoms with Crippen molar-refractivity contribution in [1.29, 1.82) is 0 Å². The maximum atomic E-state index is 12.6. The number of carbonyl (C=O) groups is 2. The molecule has 2 fully saturated rings. The zero-order valence-corrected chi connectivity index (χ0v) is 18.8. The van der Waals surface area contributed by atoms with Gasteiger partial charge in [0.25, 0.3) is 0 Å². The molecule has 2 saturated heterocycles. The van der Waals surface area contributed by atoms with Crippen molar-refractivity contribution < 1.29 is 24.5 Å². The van der Waals surface area contributed by atoms with E-state index in [-0.39, 0.29) is 12.5 Å². The van der Waals surface area contributed by atoms with Crippen LogP contribution in [0, 0.1) is 5.92 Å². The number of rotatable bonds is 8. The molecule has 0 aliphatic carbocycles. The Kier molecular flexibility index (Phi) is 7.74. The summed E-state index contributed by atoms with van der Waals surface area (Å²) in [7, 11) is 0. The number of aromatic nitrogens is 1. The van der Waals surface area contributed by atoms with Crippen LogP contribution >= 0.6 is 0 Å². The van der Waals surface area contributed by atoms with Gasteiger partial charge in [-0.25, -0.2) is 0 Å². The van der Waals surface area contributed by atoms with Crippen LogP contribution < -0.4 is 4.74 Å². The summed E-state index contributed by atoms with van der Waals surface area (Å²) in [6.45, 7) is 4.99. The van der Waals surface area contributed by atoms with Crippen molar-refractivity contribution >= 4 is 22.8 Å². The number of aliphatic carboxylic acids is 1. The van der Waals surface area contributed by atoms with Crippen LogP contribution in [0.1, 0.15) is 12.8 Å². The van der Waals surface area contributed by atoms with Crippen molar-refractivity contribution in [1.82, 2.24) is 19.7 Å². The van der Waals surface area contributed by atoms with Gasteiger partial charge in [-0.3, -0.25) is 24.4 Å². The molecule has 2 aromatic rings. The highest BCUT2D eigenvalue weighted by molar-refractivity contribution is 5.84. The molecule has 4 rings (SSSR count). The number of pyridine rings is 1.